The molecule has 0 radical (unpaired) electrons. The summed E-state index contributed by atoms with van der Waals surface area (Å²) in [6, 6.07) is 0. The highest BCUT2D eigenvalue weighted by Crippen LogP contribution is 2.37. The van der Waals surface area contributed by atoms with Crippen LogP contribution in [0.4, 0.5) is 0 Å². The van der Waals surface area contributed by atoms with Crippen molar-refractivity contribution in [2.24, 2.45) is 5.73 Å². The maximum absolute atomic E-state index is 10.8. The molecular formula is C20H42NO5P. The number of hydrogen-bond donors (Lipinski definition) is 4. The average Bonchev–Trinajstić information content (AvgIpc) is 2.62. The molecule has 0 rings (SSSR count). The molecule has 162 valence electrons. The number of phosphoric acid groups is 1. The molecule has 0 aliphatic heterocycles. The first-order valence-corrected chi connectivity index (χ1v) is 12.1. The molecule has 0 aromatic carbocycles. The van der Waals surface area contributed by atoms with Crippen molar-refractivity contribution in [1.29, 1.82) is 0 Å². The van der Waals surface area contributed by atoms with Crippen molar-refractivity contribution in [2.75, 3.05) is 6.61 Å². The number of aliphatic hydroxyl groups excluding tert-OH is 1. The van der Waals surface area contributed by atoms with Crippen LogP contribution in [0.25, 0.3) is 0 Å². The Labute approximate surface area is 165 Å². The fourth-order valence-corrected chi connectivity index (χ4v) is 3.50. The van der Waals surface area contributed by atoms with Crippen molar-refractivity contribution in [1.82, 2.24) is 0 Å². The van der Waals surface area contributed by atoms with E-state index in [9.17, 15) is 9.67 Å². The van der Waals surface area contributed by atoms with E-state index in [1.807, 2.05) is 0 Å². The van der Waals surface area contributed by atoms with Gasteiger partial charge in [-0.15, -0.1) is 6.58 Å². The van der Waals surface area contributed by atoms with Gasteiger partial charge in [0.15, 0.2) is 0 Å². The van der Waals surface area contributed by atoms with Gasteiger partial charge < -0.3 is 20.6 Å². The van der Waals surface area contributed by atoms with Crippen LogP contribution in [-0.4, -0.2) is 33.1 Å². The Kier molecular flexibility index (Phi) is 15.5. The van der Waals surface area contributed by atoms with Gasteiger partial charge in [0, 0.05) is 0 Å². The van der Waals surface area contributed by atoms with Crippen LogP contribution in [-0.2, 0) is 9.09 Å². The van der Waals surface area contributed by atoms with Crippen LogP contribution in [0, 0.1) is 0 Å². The highest BCUT2D eigenvalue weighted by molar-refractivity contribution is 7.46. The van der Waals surface area contributed by atoms with Gasteiger partial charge in [0.2, 0.25) is 0 Å². The van der Waals surface area contributed by atoms with Crippen molar-refractivity contribution >= 4 is 7.82 Å². The molecule has 0 heterocycles. The maximum atomic E-state index is 10.8. The van der Waals surface area contributed by atoms with E-state index in [4.69, 9.17) is 15.5 Å². The lowest BCUT2D eigenvalue weighted by molar-refractivity contribution is 0.0582. The Bertz CT molecular complexity index is 415. The number of nitrogens with two attached hydrogens (primary N) is 1. The van der Waals surface area contributed by atoms with E-state index in [1.54, 1.807) is 0 Å². The van der Waals surface area contributed by atoms with Crippen LogP contribution < -0.4 is 5.73 Å². The second-order valence-electron chi connectivity index (χ2n) is 7.63. The van der Waals surface area contributed by atoms with Crippen LogP contribution in [0.5, 0.6) is 0 Å². The molecule has 0 aliphatic carbocycles. The van der Waals surface area contributed by atoms with Crippen LogP contribution in [0.2, 0.25) is 0 Å². The molecule has 0 bridgehead atoms. The molecule has 0 saturated heterocycles. The molecule has 2 unspecified atom stereocenters. The Morgan fingerprint density at radius 2 is 1.37 bits per heavy atom. The highest BCUT2D eigenvalue weighted by Gasteiger charge is 2.33. The summed E-state index contributed by atoms with van der Waals surface area (Å²) < 4.78 is 15.2. The van der Waals surface area contributed by atoms with Gasteiger partial charge in [-0.1, -0.05) is 96.5 Å². The third-order valence-electron chi connectivity index (χ3n) is 5.06. The van der Waals surface area contributed by atoms with Gasteiger partial charge in [-0.25, -0.2) is 4.57 Å². The summed E-state index contributed by atoms with van der Waals surface area (Å²) in [5, 5.41) is 10.2. The smallest absolute Gasteiger partial charge is 0.391 e. The van der Waals surface area contributed by atoms with E-state index < -0.39 is 26.1 Å². The van der Waals surface area contributed by atoms with Gasteiger partial charge in [0.25, 0.3) is 0 Å². The van der Waals surface area contributed by atoms with E-state index in [0.29, 0.717) is 6.42 Å². The monoisotopic (exact) mass is 407 g/mol. The average molecular weight is 408 g/mol. The van der Waals surface area contributed by atoms with Crippen LogP contribution in [0.1, 0.15) is 96.8 Å². The Hall–Kier alpha value is -0.230. The second-order valence-corrected chi connectivity index (χ2v) is 8.87. The minimum absolute atomic E-state index is 0.458. The third-order valence-corrected chi connectivity index (χ3v) is 5.53. The van der Waals surface area contributed by atoms with E-state index in [0.717, 1.165) is 19.3 Å². The van der Waals surface area contributed by atoms with Crippen molar-refractivity contribution in [3.05, 3.63) is 12.7 Å². The summed E-state index contributed by atoms with van der Waals surface area (Å²) in [7, 11) is -4.61. The molecule has 0 aliphatic rings. The zero-order valence-electron chi connectivity index (χ0n) is 17.2. The summed E-state index contributed by atoms with van der Waals surface area (Å²) >= 11 is 0. The number of rotatable bonds is 19. The van der Waals surface area contributed by atoms with E-state index in [2.05, 4.69) is 18.0 Å². The lowest BCUT2D eigenvalue weighted by atomic mass is 9.90. The Balaban J connectivity index is 3.65. The fraction of sp³-hybridized carbons (Fsp3) is 0.900. The lowest BCUT2D eigenvalue weighted by Gasteiger charge is -2.31. The standard InChI is InChI=1S/C20H42NO5P/c1-3-5-6-7-8-9-10-11-12-13-14-15-16-17-19(22)20(21,4-2)18-26-27(23,24)25/h4,19,22H,2-3,5-18,21H2,1H3,(H2,23,24,25). The van der Waals surface area contributed by atoms with Gasteiger partial charge in [-0.2, -0.15) is 0 Å². The Morgan fingerprint density at radius 1 is 0.963 bits per heavy atom. The number of unbranched alkanes of at least 4 members (excludes halogenated alkanes) is 12. The van der Waals surface area contributed by atoms with Gasteiger partial charge >= 0.3 is 7.82 Å². The molecule has 0 fully saturated rings. The quantitative estimate of drug-likeness (QED) is 0.139. The van der Waals surface area contributed by atoms with Crippen molar-refractivity contribution < 1.29 is 24.0 Å². The molecule has 0 aromatic rings. The first kappa shape index (κ1) is 26.8. The topological polar surface area (TPSA) is 113 Å². The highest BCUT2D eigenvalue weighted by atomic mass is 31.2. The molecule has 0 aromatic heterocycles. The van der Waals surface area contributed by atoms with Gasteiger partial charge in [-0.3, -0.25) is 4.52 Å². The predicted octanol–water partition coefficient (Wildman–Crippen LogP) is 4.82. The van der Waals surface area contributed by atoms with E-state index in [-0.39, 0.29) is 0 Å². The molecule has 7 heteroatoms. The summed E-state index contributed by atoms with van der Waals surface area (Å²) in [5.74, 6) is 0. The Morgan fingerprint density at radius 3 is 1.74 bits per heavy atom. The van der Waals surface area contributed by atoms with E-state index >= 15 is 0 Å². The molecule has 27 heavy (non-hydrogen) atoms. The van der Waals surface area contributed by atoms with Crippen LogP contribution in [0.15, 0.2) is 12.7 Å². The summed E-state index contributed by atoms with van der Waals surface area (Å²) in [5.41, 5.74) is 4.61. The molecule has 0 spiro atoms. The molecule has 5 N–H and O–H groups in total. The molecule has 2 atom stereocenters. The molecular weight excluding hydrogens is 365 g/mol. The van der Waals surface area contributed by atoms with Gasteiger partial charge in [-0.05, 0) is 6.42 Å². The van der Waals surface area contributed by atoms with Crippen molar-refractivity contribution in [2.45, 2.75) is 108 Å². The summed E-state index contributed by atoms with van der Waals surface area (Å²) in [6.07, 6.45) is 17.1. The van der Waals surface area contributed by atoms with Crippen molar-refractivity contribution in [3.63, 3.8) is 0 Å². The number of hydrogen-bond acceptors (Lipinski definition) is 4. The SMILES string of the molecule is C=CC(N)(COP(=O)(O)O)C(O)CCCCCCCCCCCCCCC. The summed E-state index contributed by atoms with van der Waals surface area (Å²) in [6.45, 7) is 5.34. The zero-order chi connectivity index (χ0) is 20.6. The van der Waals surface area contributed by atoms with Crippen molar-refractivity contribution in [3.8, 4) is 0 Å². The fourth-order valence-electron chi connectivity index (χ4n) is 3.11. The first-order chi connectivity index (χ1) is 12.7. The molecule has 0 saturated carbocycles. The molecule has 6 nitrogen and oxygen atoms in total. The number of phosphoric ester groups is 1. The zero-order valence-corrected chi connectivity index (χ0v) is 18.0. The van der Waals surface area contributed by atoms with Crippen LogP contribution >= 0.6 is 7.82 Å². The minimum atomic E-state index is -4.61. The second kappa shape index (κ2) is 15.7. The van der Waals surface area contributed by atoms with Gasteiger partial charge in [0.05, 0.1) is 18.2 Å². The van der Waals surface area contributed by atoms with Crippen LogP contribution in [0.3, 0.4) is 0 Å². The normalized spacial score (nSPS) is 15.4. The van der Waals surface area contributed by atoms with Gasteiger partial charge in [0.1, 0.15) is 0 Å². The predicted molar refractivity (Wildman–Crippen MR) is 111 cm³/mol. The molecule has 0 amide bonds. The minimum Gasteiger partial charge on any atom is -0.391 e. The summed E-state index contributed by atoms with van der Waals surface area (Å²) in [4.78, 5) is 17.5. The largest absolute Gasteiger partial charge is 0.469 e. The third kappa shape index (κ3) is 15.4. The van der Waals surface area contributed by atoms with E-state index in [1.165, 1.54) is 70.3 Å². The lowest BCUT2D eigenvalue weighted by Crippen LogP contribution is -2.52. The number of aliphatic hydroxyl groups is 1. The maximum Gasteiger partial charge on any atom is 0.469 e. The first-order valence-electron chi connectivity index (χ1n) is 10.6.